The summed E-state index contributed by atoms with van der Waals surface area (Å²) < 4.78 is 27.5. The van der Waals surface area contributed by atoms with Crippen molar-refractivity contribution in [2.75, 3.05) is 33.4 Å². The molecule has 1 aliphatic heterocycles. The Labute approximate surface area is 173 Å². The quantitative estimate of drug-likeness (QED) is 0.524. The van der Waals surface area contributed by atoms with Crippen LogP contribution in [0, 0.1) is 5.92 Å². The summed E-state index contributed by atoms with van der Waals surface area (Å²) in [7, 11) is -0.899. The molecule has 0 radical (unpaired) electrons. The van der Waals surface area contributed by atoms with Gasteiger partial charge >= 0.3 is 14.3 Å². The van der Waals surface area contributed by atoms with Crippen molar-refractivity contribution >= 4 is 14.3 Å². The van der Waals surface area contributed by atoms with Crippen molar-refractivity contribution in [3.05, 3.63) is 35.9 Å². The van der Waals surface area contributed by atoms with Crippen LogP contribution >= 0.6 is 8.25 Å². The third-order valence-corrected chi connectivity index (χ3v) is 5.06. The number of likely N-dealkylation sites (N-methyl/N-ethyl adjacent to an activating group) is 1. The second kappa shape index (κ2) is 12.2. The molecule has 0 aromatic heterocycles. The zero-order valence-corrected chi connectivity index (χ0v) is 18.2. The Bertz CT molecular complexity index is 639. The fraction of sp³-hybridized carbons (Fsp3) is 0.650. The van der Waals surface area contributed by atoms with Crippen LogP contribution in [0.15, 0.2) is 30.3 Å². The van der Waals surface area contributed by atoms with Crippen LogP contribution in [0.5, 0.6) is 0 Å². The van der Waals surface area contributed by atoms with Gasteiger partial charge in [-0.25, -0.2) is 4.79 Å². The van der Waals surface area contributed by atoms with Gasteiger partial charge in [0.05, 0.1) is 19.3 Å². The first kappa shape index (κ1) is 23.7. The number of nitrogens with one attached hydrogen (secondary N) is 1. The van der Waals surface area contributed by atoms with E-state index in [9.17, 15) is 14.3 Å². The summed E-state index contributed by atoms with van der Waals surface area (Å²) in [4.78, 5) is 23.9. The van der Waals surface area contributed by atoms with Crippen molar-refractivity contribution in [3.63, 3.8) is 0 Å². The first-order chi connectivity index (χ1) is 13.8. The molecule has 1 aliphatic rings. The SMILES string of the molecule is CC(C)CN(C)C[C@@H](O[P+](=O)O)[C@H](Cc1ccccc1)NC(=O)O[C@H]1CCOC1. The van der Waals surface area contributed by atoms with E-state index in [1.54, 1.807) is 0 Å². The van der Waals surface area contributed by atoms with Crippen molar-refractivity contribution in [1.82, 2.24) is 10.2 Å². The Morgan fingerprint density at radius 2 is 2.07 bits per heavy atom. The maximum atomic E-state index is 12.5. The van der Waals surface area contributed by atoms with E-state index < -0.39 is 26.5 Å². The van der Waals surface area contributed by atoms with Crippen LogP contribution in [0.3, 0.4) is 0 Å². The van der Waals surface area contributed by atoms with Crippen molar-refractivity contribution in [3.8, 4) is 0 Å². The first-order valence-corrected chi connectivity index (χ1v) is 11.1. The van der Waals surface area contributed by atoms with Crippen LogP contribution in [0.1, 0.15) is 25.8 Å². The number of amides is 1. The van der Waals surface area contributed by atoms with Gasteiger partial charge in [-0.3, -0.25) is 0 Å². The molecule has 1 amide bonds. The number of alkyl carbamates (subject to hydrolysis) is 1. The Balaban J connectivity index is 2.12. The third kappa shape index (κ3) is 9.19. The first-order valence-electron chi connectivity index (χ1n) is 9.93. The lowest BCUT2D eigenvalue weighted by Crippen LogP contribution is -2.50. The van der Waals surface area contributed by atoms with E-state index in [0.717, 1.165) is 12.1 Å². The molecule has 162 valence electrons. The highest BCUT2D eigenvalue weighted by atomic mass is 31.1. The van der Waals surface area contributed by atoms with Gasteiger partial charge in [0.15, 0.2) is 0 Å². The molecule has 1 aromatic rings. The number of carbonyl (C=O) groups is 1. The van der Waals surface area contributed by atoms with Crippen molar-refractivity contribution in [1.29, 1.82) is 0 Å². The van der Waals surface area contributed by atoms with Gasteiger partial charge in [0, 0.05) is 24.1 Å². The van der Waals surface area contributed by atoms with Crippen molar-refractivity contribution < 1.29 is 28.3 Å². The van der Waals surface area contributed by atoms with Gasteiger partial charge in [-0.15, -0.1) is 9.42 Å². The Morgan fingerprint density at radius 3 is 2.66 bits per heavy atom. The molecular formula is C20H32N2O6P+. The second-order valence-corrected chi connectivity index (χ2v) is 8.51. The van der Waals surface area contributed by atoms with E-state index in [1.807, 2.05) is 42.3 Å². The lowest BCUT2D eigenvalue weighted by Gasteiger charge is -2.28. The van der Waals surface area contributed by atoms with Crippen LogP contribution in [-0.2, 0) is 25.0 Å². The van der Waals surface area contributed by atoms with E-state index in [0.29, 0.717) is 38.5 Å². The van der Waals surface area contributed by atoms with E-state index in [1.165, 1.54) is 0 Å². The Hall–Kier alpha value is -1.57. The molecule has 0 bridgehead atoms. The molecule has 1 aromatic carbocycles. The van der Waals surface area contributed by atoms with Crippen LogP contribution in [0.25, 0.3) is 0 Å². The fourth-order valence-corrected chi connectivity index (χ4v) is 3.89. The zero-order valence-electron chi connectivity index (χ0n) is 17.3. The molecule has 29 heavy (non-hydrogen) atoms. The lowest BCUT2D eigenvalue weighted by atomic mass is 10.0. The van der Waals surface area contributed by atoms with E-state index in [4.69, 9.17) is 14.0 Å². The summed E-state index contributed by atoms with van der Waals surface area (Å²) in [5.41, 5.74) is 0.982. The van der Waals surface area contributed by atoms with Crippen LogP contribution in [0.4, 0.5) is 4.79 Å². The van der Waals surface area contributed by atoms with E-state index in [-0.39, 0.29) is 6.10 Å². The molecule has 8 nitrogen and oxygen atoms in total. The van der Waals surface area contributed by atoms with Gasteiger partial charge in [0.1, 0.15) is 12.2 Å². The van der Waals surface area contributed by atoms with Gasteiger partial charge in [0.25, 0.3) is 0 Å². The summed E-state index contributed by atoms with van der Waals surface area (Å²) in [6.45, 7) is 6.34. The zero-order chi connectivity index (χ0) is 21.2. The van der Waals surface area contributed by atoms with E-state index in [2.05, 4.69) is 19.2 Å². The number of carbonyl (C=O) groups excluding carboxylic acids is 1. The molecule has 0 saturated carbocycles. The number of benzene rings is 1. The summed E-state index contributed by atoms with van der Waals surface area (Å²) in [5.74, 6) is 0.427. The molecule has 1 heterocycles. The van der Waals surface area contributed by atoms with E-state index >= 15 is 0 Å². The maximum Gasteiger partial charge on any atom is 0.695 e. The summed E-state index contributed by atoms with van der Waals surface area (Å²) in [6, 6.07) is 9.09. The maximum absolute atomic E-state index is 12.5. The molecule has 1 fully saturated rings. The Morgan fingerprint density at radius 1 is 1.34 bits per heavy atom. The van der Waals surface area contributed by atoms with Gasteiger partial charge in [-0.2, -0.15) is 0 Å². The van der Waals surface area contributed by atoms with Crippen LogP contribution in [0.2, 0.25) is 0 Å². The molecule has 2 N–H and O–H groups in total. The number of hydrogen-bond acceptors (Lipinski definition) is 6. The third-order valence-electron chi connectivity index (χ3n) is 4.61. The highest BCUT2D eigenvalue weighted by Gasteiger charge is 2.34. The summed E-state index contributed by atoms with van der Waals surface area (Å²) in [6.07, 6.45) is -0.420. The predicted octanol–water partition coefficient (Wildman–Crippen LogP) is 2.74. The monoisotopic (exact) mass is 427 g/mol. The van der Waals surface area contributed by atoms with Crippen molar-refractivity contribution in [2.45, 2.75) is 44.9 Å². The van der Waals surface area contributed by atoms with Gasteiger partial charge in [-0.05, 0) is 24.9 Å². The molecule has 2 rings (SSSR count). The Kier molecular flexibility index (Phi) is 9.97. The highest BCUT2D eigenvalue weighted by Crippen LogP contribution is 2.23. The largest absolute Gasteiger partial charge is 0.695 e. The topological polar surface area (TPSA) is 97.3 Å². The average molecular weight is 427 g/mol. The molecule has 9 heteroatoms. The predicted molar refractivity (Wildman–Crippen MR) is 110 cm³/mol. The number of hydrogen-bond donors (Lipinski definition) is 2. The minimum atomic E-state index is -2.82. The smallest absolute Gasteiger partial charge is 0.444 e. The number of nitrogens with zero attached hydrogens (tertiary/aromatic N) is 1. The molecule has 0 spiro atoms. The second-order valence-electron chi connectivity index (χ2n) is 7.83. The molecule has 4 atom stereocenters. The molecule has 1 unspecified atom stereocenters. The summed E-state index contributed by atoms with van der Waals surface area (Å²) >= 11 is 0. The van der Waals surface area contributed by atoms with Gasteiger partial charge in [-0.1, -0.05) is 44.2 Å². The normalized spacial score (nSPS) is 19.2. The van der Waals surface area contributed by atoms with Crippen molar-refractivity contribution in [2.24, 2.45) is 5.92 Å². The fourth-order valence-electron chi connectivity index (χ4n) is 3.44. The van der Waals surface area contributed by atoms with Gasteiger partial charge < -0.3 is 19.7 Å². The average Bonchev–Trinajstić information content (AvgIpc) is 3.13. The minimum absolute atomic E-state index is 0.273. The molecular weight excluding hydrogens is 395 g/mol. The number of ether oxygens (including phenoxy) is 2. The number of rotatable bonds is 11. The lowest BCUT2D eigenvalue weighted by molar-refractivity contribution is 0.0653. The standard InChI is InChI=1S/C20H31N2O6P/c1-15(2)12-22(3)13-19(28-29(24)25)18(11-16-7-5-4-6-8-16)21-20(23)27-17-9-10-26-14-17/h4-8,15,17-19H,9-14H2,1-3H3,(H-,21,23,24,25)/p+1/t17-,18-,19+/m0/s1. The van der Waals surface area contributed by atoms with Crippen LogP contribution in [-0.4, -0.2) is 67.5 Å². The van der Waals surface area contributed by atoms with Gasteiger partial charge in [0.2, 0.25) is 0 Å². The highest BCUT2D eigenvalue weighted by molar-refractivity contribution is 7.32. The molecule has 0 aliphatic carbocycles. The van der Waals surface area contributed by atoms with Crippen LogP contribution < -0.4 is 5.32 Å². The summed E-state index contributed by atoms with van der Waals surface area (Å²) in [5, 5.41) is 2.85. The minimum Gasteiger partial charge on any atom is -0.444 e. The molecule has 1 saturated heterocycles.